The van der Waals surface area contributed by atoms with Crippen molar-refractivity contribution in [3.8, 4) is 0 Å². The Kier molecular flexibility index (Phi) is 3.74. The Bertz CT molecular complexity index is 389. The first-order valence-corrected chi connectivity index (χ1v) is 5.94. The van der Waals surface area contributed by atoms with Crippen molar-refractivity contribution < 1.29 is 8.78 Å². The maximum Gasteiger partial charge on any atom is 0.159 e. The molecule has 0 radical (unpaired) electrons. The highest BCUT2D eigenvalue weighted by atomic mass is 19.2. The van der Waals surface area contributed by atoms with Crippen LogP contribution in [0.5, 0.6) is 0 Å². The SMILES string of the molecule is CNCC1(CNCc2ccc(F)c(F)c2)CC1. The van der Waals surface area contributed by atoms with Crippen molar-refractivity contribution in [2.45, 2.75) is 19.4 Å². The molecule has 1 aromatic carbocycles. The average Bonchev–Trinajstić information content (AvgIpc) is 3.04. The summed E-state index contributed by atoms with van der Waals surface area (Å²) >= 11 is 0. The molecular formula is C13H18F2N2. The monoisotopic (exact) mass is 240 g/mol. The van der Waals surface area contributed by atoms with Gasteiger partial charge in [-0.15, -0.1) is 0 Å². The van der Waals surface area contributed by atoms with E-state index in [9.17, 15) is 8.78 Å². The third kappa shape index (κ3) is 3.23. The maximum absolute atomic E-state index is 13.0. The first-order valence-electron chi connectivity index (χ1n) is 5.94. The van der Waals surface area contributed by atoms with E-state index in [0.717, 1.165) is 18.7 Å². The van der Waals surface area contributed by atoms with Gasteiger partial charge >= 0.3 is 0 Å². The Labute approximate surface area is 100 Å². The Morgan fingerprint density at radius 3 is 2.53 bits per heavy atom. The van der Waals surface area contributed by atoms with Gasteiger partial charge in [0.25, 0.3) is 0 Å². The predicted octanol–water partition coefficient (Wildman–Crippen LogP) is 2.05. The Balaban J connectivity index is 1.80. The molecule has 1 fully saturated rings. The molecule has 0 aromatic heterocycles. The molecule has 0 unspecified atom stereocenters. The summed E-state index contributed by atoms with van der Waals surface area (Å²) in [6, 6.07) is 4.04. The van der Waals surface area contributed by atoms with E-state index in [1.54, 1.807) is 6.07 Å². The van der Waals surface area contributed by atoms with Crippen molar-refractivity contribution in [3.63, 3.8) is 0 Å². The fourth-order valence-corrected chi connectivity index (χ4v) is 2.09. The second kappa shape index (κ2) is 5.10. The molecule has 0 atom stereocenters. The van der Waals surface area contributed by atoms with Crippen LogP contribution >= 0.6 is 0 Å². The van der Waals surface area contributed by atoms with E-state index in [2.05, 4.69) is 10.6 Å². The van der Waals surface area contributed by atoms with E-state index in [1.807, 2.05) is 7.05 Å². The molecule has 94 valence electrons. The van der Waals surface area contributed by atoms with Crippen LogP contribution in [0.3, 0.4) is 0 Å². The third-order valence-electron chi connectivity index (χ3n) is 3.32. The van der Waals surface area contributed by atoms with Gasteiger partial charge in [-0.3, -0.25) is 0 Å². The van der Waals surface area contributed by atoms with E-state index in [-0.39, 0.29) is 0 Å². The number of rotatable bonds is 6. The summed E-state index contributed by atoms with van der Waals surface area (Å²) in [5.41, 5.74) is 1.16. The van der Waals surface area contributed by atoms with Crippen LogP contribution in [0.4, 0.5) is 8.78 Å². The van der Waals surface area contributed by atoms with Crippen LogP contribution in [0.2, 0.25) is 0 Å². The van der Waals surface area contributed by atoms with E-state index >= 15 is 0 Å². The summed E-state index contributed by atoms with van der Waals surface area (Å²) < 4.78 is 25.7. The zero-order valence-electron chi connectivity index (χ0n) is 10.0. The maximum atomic E-state index is 13.0. The highest BCUT2D eigenvalue weighted by Crippen LogP contribution is 2.44. The molecule has 0 bridgehead atoms. The number of hydrogen-bond donors (Lipinski definition) is 2. The van der Waals surface area contributed by atoms with Gasteiger partial charge in [0, 0.05) is 19.6 Å². The molecule has 1 aromatic rings. The number of hydrogen-bond acceptors (Lipinski definition) is 2. The number of benzene rings is 1. The van der Waals surface area contributed by atoms with Crippen LogP contribution < -0.4 is 10.6 Å². The van der Waals surface area contributed by atoms with Crippen LogP contribution in [-0.4, -0.2) is 20.1 Å². The summed E-state index contributed by atoms with van der Waals surface area (Å²) in [5.74, 6) is -1.57. The minimum Gasteiger partial charge on any atom is -0.319 e. The molecule has 0 spiro atoms. The fourth-order valence-electron chi connectivity index (χ4n) is 2.09. The van der Waals surface area contributed by atoms with Gasteiger partial charge in [-0.2, -0.15) is 0 Å². The van der Waals surface area contributed by atoms with E-state index in [1.165, 1.54) is 25.0 Å². The van der Waals surface area contributed by atoms with Gasteiger partial charge < -0.3 is 10.6 Å². The highest BCUT2D eigenvalue weighted by Gasteiger charge is 2.41. The van der Waals surface area contributed by atoms with Crippen LogP contribution in [-0.2, 0) is 6.54 Å². The lowest BCUT2D eigenvalue weighted by Crippen LogP contribution is -2.31. The second-order valence-electron chi connectivity index (χ2n) is 4.88. The van der Waals surface area contributed by atoms with E-state index < -0.39 is 11.6 Å². The molecule has 1 aliphatic carbocycles. The molecule has 2 rings (SSSR count). The quantitative estimate of drug-likeness (QED) is 0.795. The molecule has 1 saturated carbocycles. The van der Waals surface area contributed by atoms with Gasteiger partial charge in [-0.05, 0) is 43.0 Å². The molecule has 2 nitrogen and oxygen atoms in total. The first-order chi connectivity index (χ1) is 8.15. The van der Waals surface area contributed by atoms with Crippen molar-refractivity contribution in [2.24, 2.45) is 5.41 Å². The molecule has 0 heterocycles. The highest BCUT2D eigenvalue weighted by molar-refractivity contribution is 5.17. The lowest BCUT2D eigenvalue weighted by atomic mass is 10.1. The van der Waals surface area contributed by atoms with Gasteiger partial charge in [-0.1, -0.05) is 6.07 Å². The molecule has 0 aliphatic heterocycles. The third-order valence-corrected chi connectivity index (χ3v) is 3.32. The van der Waals surface area contributed by atoms with Crippen molar-refractivity contribution in [2.75, 3.05) is 20.1 Å². The number of halogens is 2. The van der Waals surface area contributed by atoms with Crippen molar-refractivity contribution in [1.29, 1.82) is 0 Å². The van der Waals surface area contributed by atoms with E-state index in [4.69, 9.17) is 0 Å². The van der Waals surface area contributed by atoms with Gasteiger partial charge in [0.05, 0.1) is 0 Å². The zero-order chi connectivity index (χ0) is 12.3. The van der Waals surface area contributed by atoms with Crippen LogP contribution in [0.15, 0.2) is 18.2 Å². The molecule has 0 amide bonds. The van der Waals surface area contributed by atoms with Crippen LogP contribution in [0.1, 0.15) is 18.4 Å². The molecule has 1 aliphatic rings. The molecule has 0 saturated heterocycles. The lowest BCUT2D eigenvalue weighted by molar-refractivity contribution is 0.437. The Morgan fingerprint density at radius 1 is 1.18 bits per heavy atom. The van der Waals surface area contributed by atoms with Gasteiger partial charge in [0.1, 0.15) is 0 Å². The first kappa shape index (κ1) is 12.5. The van der Waals surface area contributed by atoms with Crippen molar-refractivity contribution in [3.05, 3.63) is 35.4 Å². The minimum absolute atomic E-state index is 0.382. The van der Waals surface area contributed by atoms with Crippen molar-refractivity contribution >= 4 is 0 Å². The summed E-state index contributed by atoms with van der Waals surface area (Å²) in [7, 11) is 1.95. The Hall–Kier alpha value is -1.00. The van der Waals surface area contributed by atoms with Gasteiger partial charge in [0.15, 0.2) is 11.6 Å². The van der Waals surface area contributed by atoms with E-state index in [0.29, 0.717) is 12.0 Å². The minimum atomic E-state index is -0.789. The van der Waals surface area contributed by atoms with Crippen molar-refractivity contribution in [1.82, 2.24) is 10.6 Å². The Morgan fingerprint density at radius 2 is 1.94 bits per heavy atom. The second-order valence-corrected chi connectivity index (χ2v) is 4.88. The molecule has 2 N–H and O–H groups in total. The fraction of sp³-hybridized carbons (Fsp3) is 0.538. The summed E-state index contributed by atoms with van der Waals surface area (Å²) in [5, 5.41) is 6.49. The summed E-state index contributed by atoms with van der Waals surface area (Å²) in [6.45, 7) is 2.52. The molecule has 17 heavy (non-hydrogen) atoms. The van der Waals surface area contributed by atoms with Crippen LogP contribution in [0.25, 0.3) is 0 Å². The van der Waals surface area contributed by atoms with Gasteiger partial charge in [-0.25, -0.2) is 8.78 Å². The topological polar surface area (TPSA) is 24.1 Å². The summed E-state index contributed by atoms with van der Waals surface area (Å²) in [4.78, 5) is 0. The molecular weight excluding hydrogens is 222 g/mol. The summed E-state index contributed by atoms with van der Waals surface area (Å²) in [6.07, 6.45) is 2.47. The number of nitrogens with one attached hydrogen (secondary N) is 2. The normalized spacial score (nSPS) is 17.1. The van der Waals surface area contributed by atoms with Crippen LogP contribution in [0, 0.1) is 17.0 Å². The smallest absolute Gasteiger partial charge is 0.159 e. The predicted molar refractivity (Wildman–Crippen MR) is 63.7 cm³/mol. The largest absolute Gasteiger partial charge is 0.319 e. The lowest BCUT2D eigenvalue weighted by Gasteiger charge is -2.15. The zero-order valence-corrected chi connectivity index (χ0v) is 10.0. The average molecular weight is 240 g/mol. The van der Waals surface area contributed by atoms with Gasteiger partial charge in [0.2, 0.25) is 0 Å². The standard InChI is InChI=1S/C13H18F2N2/c1-16-8-13(4-5-13)9-17-7-10-2-3-11(14)12(15)6-10/h2-3,6,16-17H,4-5,7-9H2,1H3. The molecule has 4 heteroatoms.